The van der Waals surface area contributed by atoms with Crippen molar-refractivity contribution in [2.75, 3.05) is 5.32 Å². The first-order valence-corrected chi connectivity index (χ1v) is 7.18. The van der Waals surface area contributed by atoms with Gasteiger partial charge in [0.2, 0.25) is 0 Å². The molecule has 2 fully saturated rings. The Bertz CT molecular complexity index is 612. The topological polar surface area (TPSA) is 66.5 Å². The van der Waals surface area contributed by atoms with Crippen LogP contribution in [0, 0.1) is 25.7 Å². The Morgan fingerprint density at radius 3 is 2.37 bits per heavy atom. The van der Waals surface area contributed by atoms with Crippen molar-refractivity contribution in [1.82, 2.24) is 19.9 Å². The van der Waals surface area contributed by atoms with E-state index in [2.05, 4.69) is 25.3 Å². The molecule has 2 heterocycles. The van der Waals surface area contributed by atoms with E-state index in [0.29, 0.717) is 6.04 Å². The molecular weight excluding hydrogens is 238 g/mol. The number of nitrogens with one attached hydrogen (secondary N) is 2. The summed E-state index contributed by atoms with van der Waals surface area (Å²) in [5.41, 5.74) is 1.73. The van der Waals surface area contributed by atoms with Crippen LogP contribution in [0.3, 0.4) is 0 Å². The highest BCUT2D eigenvalue weighted by Gasteiger charge is 2.41. The highest BCUT2D eigenvalue weighted by Crippen LogP contribution is 2.46. The number of nitrogens with zero attached hydrogens (tertiary/aromatic N) is 3. The third-order valence-electron chi connectivity index (χ3n) is 4.14. The van der Waals surface area contributed by atoms with Crippen molar-refractivity contribution in [3.8, 4) is 0 Å². The van der Waals surface area contributed by atoms with Crippen LogP contribution in [0.5, 0.6) is 0 Å². The van der Waals surface area contributed by atoms with E-state index in [9.17, 15) is 0 Å². The summed E-state index contributed by atoms with van der Waals surface area (Å²) in [7, 11) is 0. The summed E-state index contributed by atoms with van der Waals surface area (Å²) in [5, 5.41) is 3.68. The molecule has 0 amide bonds. The van der Waals surface area contributed by atoms with Crippen molar-refractivity contribution in [1.29, 1.82) is 0 Å². The minimum atomic E-state index is 0.598. The van der Waals surface area contributed by atoms with Crippen molar-refractivity contribution >= 4 is 17.0 Å². The van der Waals surface area contributed by atoms with Gasteiger partial charge in [0.05, 0.1) is 0 Å². The second kappa shape index (κ2) is 3.92. The van der Waals surface area contributed by atoms with Gasteiger partial charge in [-0.15, -0.1) is 0 Å². The molecule has 0 unspecified atom stereocenters. The zero-order chi connectivity index (χ0) is 13.0. The molecule has 4 rings (SSSR count). The van der Waals surface area contributed by atoms with Gasteiger partial charge >= 0.3 is 0 Å². The Balaban J connectivity index is 1.72. The highest BCUT2D eigenvalue weighted by molar-refractivity contribution is 5.83. The molecular formula is C14H19N5. The fourth-order valence-corrected chi connectivity index (χ4v) is 2.92. The van der Waals surface area contributed by atoms with Crippen molar-refractivity contribution in [3.05, 3.63) is 11.6 Å². The van der Waals surface area contributed by atoms with E-state index in [1.165, 1.54) is 25.7 Å². The first-order valence-electron chi connectivity index (χ1n) is 7.18. The molecule has 0 atom stereocenters. The van der Waals surface area contributed by atoms with Crippen molar-refractivity contribution in [2.45, 2.75) is 45.6 Å². The number of hydrogen-bond acceptors (Lipinski definition) is 4. The van der Waals surface area contributed by atoms with Crippen LogP contribution in [0.1, 0.15) is 37.3 Å². The van der Waals surface area contributed by atoms with E-state index in [4.69, 9.17) is 0 Å². The van der Waals surface area contributed by atoms with Crippen LogP contribution in [-0.4, -0.2) is 26.0 Å². The third kappa shape index (κ3) is 2.07. The molecule has 0 saturated heterocycles. The fourth-order valence-electron chi connectivity index (χ4n) is 2.92. The molecule has 2 saturated carbocycles. The SMILES string of the molecule is Cc1nc(NC(C2CC2)C2CC2)c2[nH]c(C)nc2n1. The lowest BCUT2D eigenvalue weighted by molar-refractivity contribution is 0.566. The molecule has 2 N–H and O–H groups in total. The van der Waals surface area contributed by atoms with E-state index >= 15 is 0 Å². The lowest BCUT2D eigenvalue weighted by Crippen LogP contribution is -2.25. The number of anilines is 1. The van der Waals surface area contributed by atoms with Crippen LogP contribution in [0.4, 0.5) is 5.82 Å². The van der Waals surface area contributed by atoms with Crippen LogP contribution in [-0.2, 0) is 0 Å². The Labute approximate surface area is 112 Å². The Morgan fingerprint density at radius 1 is 1.05 bits per heavy atom. The smallest absolute Gasteiger partial charge is 0.183 e. The number of fused-ring (bicyclic) bond motifs is 1. The molecule has 2 aromatic heterocycles. The number of rotatable bonds is 4. The largest absolute Gasteiger partial charge is 0.365 e. The molecule has 2 aliphatic rings. The first kappa shape index (κ1) is 11.2. The summed E-state index contributed by atoms with van der Waals surface area (Å²) < 4.78 is 0. The summed E-state index contributed by atoms with van der Waals surface area (Å²) in [6.45, 7) is 3.89. The summed E-state index contributed by atoms with van der Waals surface area (Å²) in [4.78, 5) is 16.7. The van der Waals surface area contributed by atoms with E-state index in [0.717, 1.165) is 40.5 Å². The predicted molar refractivity (Wildman–Crippen MR) is 74.0 cm³/mol. The second-order valence-corrected chi connectivity index (χ2v) is 5.99. The van der Waals surface area contributed by atoms with E-state index < -0.39 is 0 Å². The average Bonchev–Trinajstić information content (AvgIpc) is 3.23. The maximum absolute atomic E-state index is 4.58. The Kier molecular flexibility index (Phi) is 2.31. The van der Waals surface area contributed by atoms with Crippen LogP contribution in [0.2, 0.25) is 0 Å². The van der Waals surface area contributed by atoms with Gasteiger partial charge in [-0.05, 0) is 51.4 Å². The molecule has 2 aliphatic carbocycles. The number of aromatic amines is 1. The number of aryl methyl sites for hydroxylation is 2. The van der Waals surface area contributed by atoms with Gasteiger partial charge in [0.25, 0.3) is 0 Å². The zero-order valence-electron chi connectivity index (χ0n) is 11.4. The molecule has 0 bridgehead atoms. The van der Waals surface area contributed by atoms with Crippen LogP contribution in [0.15, 0.2) is 0 Å². The van der Waals surface area contributed by atoms with Gasteiger partial charge in [-0.3, -0.25) is 0 Å². The van der Waals surface area contributed by atoms with Gasteiger partial charge < -0.3 is 10.3 Å². The molecule has 0 aliphatic heterocycles. The van der Waals surface area contributed by atoms with E-state index in [-0.39, 0.29) is 0 Å². The molecule has 19 heavy (non-hydrogen) atoms. The summed E-state index contributed by atoms with van der Waals surface area (Å²) >= 11 is 0. The minimum Gasteiger partial charge on any atom is -0.365 e. The highest BCUT2D eigenvalue weighted by atomic mass is 15.1. The van der Waals surface area contributed by atoms with E-state index in [1.54, 1.807) is 0 Å². The number of aromatic nitrogens is 4. The lowest BCUT2D eigenvalue weighted by atomic mass is 10.1. The van der Waals surface area contributed by atoms with Crippen LogP contribution < -0.4 is 5.32 Å². The maximum atomic E-state index is 4.58. The molecule has 0 radical (unpaired) electrons. The second-order valence-electron chi connectivity index (χ2n) is 5.99. The van der Waals surface area contributed by atoms with Gasteiger partial charge in [-0.1, -0.05) is 0 Å². The van der Waals surface area contributed by atoms with E-state index in [1.807, 2.05) is 13.8 Å². The molecule has 5 nitrogen and oxygen atoms in total. The molecule has 2 aromatic rings. The normalized spacial score (nSPS) is 19.3. The minimum absolute atomic E-state index is 0.598. The Hall–Kier alpha value is -1.65. The summed E-state index contributed by atoms with van der Waals surface area (Å²) in [6.07, 6.45) is 5.46. The first-order chi connectivity index (χ1) is 9.20. The molecule has 5 heteroatoms. The summed E-state index contributed by atoms with van der Waals surface area (Å²) in [5.74, 6) is 4.31. The maximum Gasteiger partial charge on any atom is 0.183 e. The monoisotopic (exact) mass is 257 g/mol. The molecule has 0 spiro atoms. The fraction of sp³-hybridized carbons (Fsp3) is 0.643. The van der Waals surface area contributed by atoms with Gasteiger partial charge in [0.1, 0.15) is 17.2 Å². The van der Waals surface area contributed by atoms with Crippen molar-refractivity contribution in [3.63, 3.8) is 0 Å². The lowest BCUT2D eigenvalue weighted by Gasteiger charge is -2.18. The van der Waals surface area contributed by atoms with Gasteiger partial charge in [0.15, 0.2) is 11.5 Å². The van der Waals surface area contributed by atoms with Gasteiger partial charge in [-0.2, -0.15) is 0 Å². The average molecular weight is 257 g/mol. The number of imidazole rings is 1. The quantitative estimate of drug-likeness (QED) is 0.883. The molecule has 100 valence electrons. The van der Waals surface area contributed by atoms with Gasteiger partial charge in [0, 0.05) is 6.04 Å². The molecule has 0 aromatic carbocycles. The number of H-pyrrole nitrogens is 1. The third-order valence-corrected chi connectivity index (χ3v) is 4.14. The van der Waals surface area contributed by atoms with Gasteiger partial charge in [-0.25, -0.2) is 15.0 Å². The zero-order valence-corrected chi connectivity index (χ0v) is 11.4. The van der Waals surface area contributed by atoms with Crippen LogP contribution >= 0.6 is 0 Å². The number of hydrogen-bond donors (Lipinski definition) is 2. The standard InChI is InChI=1S/C14H19N5/c1-7-15-12-13(16-7)17-8(2)18-14(12)19-11(9-3-4-9)10-5-6-10/h9-11H,3-6H2,1-2H3,(H2,15,16,17,18,19). The Morgan fingerprint density at radius 2 is 1.74 bits per heavy atom. The van der Waals surface area contributed by atoms with Crippen molar-refractivity contribution < 1.29 is 0 Å². The van der Waals surface area contributed by atoms with Crippen molar-refractivity contribution in [2.24, 2.45) is 11.8 Å². The predicted octanol–water partition coefficient (Wildman–Crippen LogP) is 2.57. The van der Waals surface area contributed by atoms with Crippen LogP contribution in [0.25, 0.3) is 11.2 Å². The summed E-state index contributed by atoms with van der Waals surface area (Å²) in [6, 6.07) is 0.598.